The zero-order valence-electron chi connectivity index (χ0n) is 8.84. The molecule has 0 fully saturated rings. The van der Waals surface area contributed by atoms with Crippen molar-refractivity contribution in [1.29, 1.82) is 0 Å². The monoisotopic (exact) mass is 254 g/mol. The smallest absolute Gasteiger partial charge is 0.325 e. The van der Waals surface area contributed by atoms with Gasteiger partial charge in [-0.3, -0.25) is 9.59 Å². The molecule has 0 spiro atoms. The number of primary amides is 1. The molecule has 0 bridgehead atoms. The molecule has 2 unspecified atom stereocenters. The Bertz CT molecular complexity index is 365. The second-order valence-electron chi connectivity index (χ2n) is 2.98. The summed E-state index contributed by atoms with van der Waals surface area (Å²) in [5.74, 6) is -2.01. The number of carbonyl (C=O) groups excluding carboxylic acids is 2. The Kier molecular flexibility index (Phi) is 5.35. The normalized spacial score (nSPS) is 15.2. The van der Waals surface area contributed by atoms with E-state index in [0.717, 1.165) is 14.0 Å². The second kappa shape index (κ2) is 5.77. The number of sulfonamides is 1. The van der Waals surface area contributed by atoms with Crippen molar-refractivity contribution in [3.63, 3.8) is 0 Å². The van der Waals surface area contributed by atoms with Crippen molar-refractivity contribution in [2.45, 2.75) is 18.3 Å². The molecule has 2 atom stereocenters. The molecule has 0 aliphatic rings. The molecule has 16 heavy (non-hydrogen) atoms. The molecule has 0 aliphatic heterocycles. The van der Waals surface area contributed by atoms with Crippen molar-refractivity contribution in [3.05, 3.63) is 0 Å². The Morgan fingerprint density at radius 2 is 2.00 bits per heavy atom. The number of aliphatic hydroxyl groups is 1. The topological polar surface area (TPSA) is 136 Å². The summed E-state index contributed by atoms with van der Waals surface area (Å²) in [4.78, 5) is 21.4. The molecule has 0 aliphatic carbocycles. The molecule has 1 amide bonds. The fourth-order valence-electron chi connectivity index (χ4n) is 0.713. The third-order valence-corrected chi connectivity index (χ3v) is 3.50. The Labute approximate surface area is 92.8 Å². The number of aliphatic hydroxyl groups excluding tert-OH is 1. The van der Waals surface area contributed by atoms with Crippen molar-refractivity contribution >= 4 is 21.9 Å². The predicted octanol–water partition coefficient (Wildman–Crippen LogP) is -2.69. The van der Waals surface area contributed by atoms with Gasteiger partial charge in [-0.1, -0.05) is 0 Å². The minimum absolute atomic E-state index is 0.584. The van der Waals surface area contributed by atoms with Crippen LogP contribution in [0.2, 0.25) is 0 Å². The van der Waals surface area contributed by atoms with Crippen molar-refractivity contribution in [1.82, 2.24) is 4.72 Å². The van der Waals surface area contributed by atoms with E-state index in [1.54, 1.807) is 0 Å². The van der Waals surface area contributed by atoms with Crippen LogP contribution < -0.4 is 10.5 Å². The lowest BCUT2D eigenvalue weighted by molar-refractivity contribution is -0.139. The highest BCUT2D eigenvalue weighted by atomic mass is 32.2. The second-order valence-corrected chi connectivity index (χ2v) is 5.06. The lowest BCUT2D eigenvalue weighted by Gasteiger charge is -2.13. The van der Waals surface area contributed by atoms with Gasteiger partial charge >= 0.3 is 5.97 Å². The van der Waals surface area contributed by atoms with Crippen LogP contribution in [0.25, 0.3) is 0 Å². The fraction of sp³-hybridized carbons (Fsp3) is 0.714. The molecule has 0 saturated carbocycles. The molecule has 0 heterocycles. The van der Waals surface area contributed by atoms with Crippen LogP contribution in [-0.2, 0) is 24.3 Å². The number of esters is 1. The van der Waals surface area contributed by atoms with Crippen LogP contribution in [0.5, 0.6) is 0 Å². The number of hydrogen-bond acceptors (Lipinski definition) is 6. The third kappa shape index (κ3) is 4.13. The van der Waals surface area contributed by atoms with Crippen LogP contribution in [-0.4, -0.2) is 50.4 Å². The molecular formula is C7H14N2O6S. The van der Waals surface area contributed by atoms with Gasteiger partial charge in [-0.25, -0.2) is 13.1 Å². The van der Waals surface area contributed by atoms with E-state index in [9.17, 15) is 18.0 Å². The number of hydrogen-bond donors (Lipinski definition) is 3. The van der Waals surface area contributed by atoms with Gasteiger partial charge < -0.3 is 15.6 Å². The highest BCUT2D eigenvalue weighted by molar-refractivity contribution is 7.90. The summed E-state index contributed by atoms with van der Waals surface area (Å²) in [6.45, 7) is 0.532. The lowest BCUT2D eigenvalue weighted by Crippen LogP contribution is -2.44. The summed E-state index contributed by atoms with van der Waals surface area (Å²) in [6.07, 6.45) is -1.64. The van der Waals surface area contributed by atoms with E-state index in [4.69, 9.17) is 10.8 Å². The SMILES string of the molecule is COC(=O)C(C)S(=O)(=O)NCC(O)C(N)=O. The summed E-state index contributed by atoms with van der Waals surface area (Å²) in [5, 5.41) is 7.52. The Hall–Kier alpha value is -1.19. The highest BCUT2D eigenvalue weighted by Crippen LogP contribution is 2.00. The van der Waals surface area contributed by atoms with E-state index in [-0.39, 0.29) is 0 Å². The number of carbonyl (C=O) groups is 2. The van der Waals surface area contributed by atoms with Gasteiger partial charge in [0, 0.05) is 6.54 Å². The van der Waals surface area contributed by atoms with Gasteiger partial charge in [0.05, 0.1) is 7.11 Å². The van der Waals surface area contributed by atoms with Gasteiger partial charge in [-0.15, -0.1) is 0 Å². The maximum atomic E-state index is 11.4. The van der Waals surface area contributed by atoms with Crippen molar-refractivity contribution in [2.75, 3.05) is 13.7 Å². The van der Waals surface area contributed by atoms with E-state index in [1.807, 2.05) is 4.72 Å². The molecule has 0 aromatic carbocycles. The summed E-state index contributed by atoms with van der Waals surface area (Å²) in [7, 11) is -2.94. The molecule has 0 saturated heterocycles. The molecule has 0 aromatic rings. The van der Waals surface area contributed by atoms with E-state index < -0.39 is 39.8 Å². The number of nitrogens with one attached hydrogen (secondary N) is 1. The highest BCUT2D eigenvalue weighted by Gasteiger charge is 2.29. The molecule has 0 radical (unpaired) electrons. The lowest BCUT2D eigenvalue weighted by atomic mass is 10.3. The largest absolute Gasteiger partial charge is 0.468 e. The van der Waals surface area contributed by atoms with Gasteiger partial charge in [0.2, 0.25) is 15.9 Å². The zero-order chi connectivity index (χ0) is 12.9. The van der Waals surface area contributed by atoms with E-state index in [1.165, 1.54) is 0 Å². The number of ether oxygens (including phenoxy) is 1. The summed E-state index contributed by atoms with van der Waals surface area (Å²) >= 11 is 0. The van der Waals surface area contributed by atoms with Gasteiger partial charge in [0.1, 0.15) is 6.10 Å². The first-order chi connectivity index (χ1) is 7.22. The summed E-state index contributed by atoms with van der Waals surface area (Å²) in [5.41, 5.74) is 4.71. The Balaban J connectivity index is 4.48. The van der Waals surface area contributed by atoms with Crippen LogP contribution >= 0.6 is 0 Å². The van der Waals surface area contributed by atoms with Gasteiger partial charge in [0.15, 0.2) is 5.25 Å². The van der Waals surface area contributed by atoms with Gasteiger partial charge in [-0.2, -0.15) is 0 Å². The summed E-state index contributed by atoms with van der Waals surface area (Å²) < 4.78 is 28.9. The first kappa shape index (κ1) is 14.8. The number of methoxy groups -OCH3 is 1. The third-order valence-electron chi connectivity index (χ3n) is 1.80. The number of rotatable bonds is 6. The van der Waals surface area contributed by atoms with Gasteiger partial charge in [0.25, 0.3) is 0 Å². The predicted molar refractivity (Wildman–Crippen MR) is 53.6 cm³/mol. The quantitative estimate of drug-likeness (QED) is 0.442. The van der Waals surface area contributed by atoms with Crippen LogP contribution in [0.3, 0.4) is 0 Å². The Morgan fingerprint density at radius 3 is 2.38 bits per heavy atom. The minimum atomic E-state index is -3.99. The average molecular weight is 254 g/mol. The minimum Gasteiger partial charge on any atom is -0.468 e. The maximum absolute atomic E-state index is 11.4. The fourth-order valence-corrected chi connectivity index (χ4v) is 1.70. The van der Waals surface area contributed by atoms with Crippen LogP contribution in [0.1, 0.15) is 6.92 Å². The molecular weight excluding hydrogens is 240 g/mol. The first-order valence-corrected chi connectivity index (χ1v) is 5.80. The maximum Gasteiger partial charge on any atom is 0.325 e. The zero-order valence-corrected chi connectivity index (χ0v) is 9.65. The molecule has 9 heteroatoms. The molecule has 4 N–H and O–H groups in total. The van der Waals surface area contributed by atoms with Crippen molar-refractivity contribution in [3.8, 4) is 0 Å². The molecule has 8 nitrogen and oxygen atoms in total. The number of nitrogens with two attached hydrogens (primary N) is 1. The van der Waals surface area contributed by atoms with Crippen LogP contribution in [0, 0.1) is 0 Å². The Morgan fingerprint density at radius 1 is 1.50 bits per heavy atom. The van der Waals surface area contributed by atoms with E-state index in [2.05, 4.69) is 4.74 Å². The van der Waals surface area contributed by atoms with Crippen molar-refractivity contribution < 1.29 is 27.9 Å². The molecule has 94 valence electrons. The van der Waals surface area contributed by atoms with E-state index >= 15 is 0 Å². The van der Waals surface area contributed by atoms with Crippen molar-refractivity contribution in [2.24, 2.45) is 5.73 Å². The summed E-state index contributed by atoms with van der Waals surface area (Å²) in [6, 6.07) is 0. The van der Waals surface area contributed by atoms with E-state index in [0.29, 0.717) is 0 Å². The van der Waals surface area contributed by atoms with Crippen LogP contribution in [0.15, 0.2) is 0 Å². The number of amides is 1. The van der Waals surface area contributed by atoms with Gasteiger partial charge in [-0.05, 0) is 6.92 Å². The average Bonchev–Trinajstić information content (AvgIpc) is 2.23. The molecule has 0 rings (SSSR count). The standard InChI is InChI=1S/C7H14N2O6S/c1-4(7(12)15-2)16(13,14)9-3-5(10)6(8)11/h4-5,9-10H,3H2,1-2H3,(H2,8,11). The van der Waals surface area contributed by atoms with Crippen LogP contribution in [0.4, 0.5) is 0 Å². The molecule has 0 aromatic heterocycles. The first-order valence-electron chi connectivity index (χ1n) is 4.26.